The van der Waals surface area contributed by atoms with E-state index >= 15 is 0 Å². The molecule has 0 radical (unpaired) electrons. The maximum atomic E-state index is 3.95. The molecule has 0 spiro atoms. The smallest absolute Gasteiger partial charge is 0.0414 e. The van der Waals surface area contributed by atoms with E-state index in [0.29, 0.717) is 0 Å². The van der Waals surface area contributed by atoms with E-state index in [1.807, 2.05) is 0 Å². The van der Waals surface area contributed by atoms with Crippen LogP contribution < -0.4 is 5.32 Å². The Bertz CT molecular complexity index is 350. The maximum absolute atomic E-state index is 3.95. The van der Waals surface area contributed by atoms with E-state index in [1.54, 1.807) is 0 Å². The lowest BCUT2D eigenvalue weighted by molar-refractivity contribution is 1.11. The molecule has 1 aromatic rings. The minimum absolute atomic E-state index is 0.965. The fraction of sp³-hybridized carbons (Fsp3) is 0.385. The summed E-state index contributed by atoms with van der Waals surface area (Å²) in [5.41, 5.74) is 6.27. The molecular formula is C13H19N. The molecule has 1 N–H and O–H groups in total. The first-order valence-electron chi connectivity index (χ1n) is 5.07. The largest absolute Gasteiger partial charge is 0.359 e. The van der Waals surface area contributed by atoms with Crippen molar-refractivity contribution in [2.24, 2.45) is 0 Å². The van der Waals surface area contributed by atoms with E-state index in [0.717, 1.165) is 12.1 Å². The zero-order chi connectivity index (χ0) is 10.7. The second-order valence-corrected chi connectivity index (χ2v) is 3.76. The van der Waals surface area contributed by atoms with Gasteiger partial charge in [0.05, 0.1) is 0 Å². The molecule has 76 valence electrons. The molecule has 1 heteroatoms. The molecule has 0 aliphatic heterocycles. The zero-order valence-electron chi connectivity index (χ0n) is 9.57. The van der Waals surface area contributed by atoms with Crippen molar-refractivity contribution in [3.05, 3.63) is 41.1 Å². The second kappa shape index (κ2) is 4.32. The van der Waals surface area contributed by atoms with E-state index in [2.05, 4.69) is 51.7 Å². The molecular weight excluding hydrogens is 170 g/mol. The Hall–Kier alpha value is -1.24. The highest BCUT2D eigenvalue weighted by Gasteiger charge is 2.03. The van der Waals surface area contributed by atoms with Gasteiger partial charge in [0.25, 0.3) is 0 Å². The summed E-state index contributed by atoms with van der Waals surface area (Å²) in [7, 11) is 0. The number of hydrogen-bond acceptors (Lipinski definition) is 1. The molecule has 0 amide bonds. The van der Waals surface area contributed by atoms with Crippen LogP contribution >= 0.6 is 0 Å². The summed E-state index contributed by atoms with van der Waals surface area (Å²) in [6.45, 7) is 12.5. The summed E-state index contributed by atoms with van der Waals surface area (Å²) >= 11 is 0. The van der Waals surface area contributed by atoms with Crippen molar-refractivity contribution in [1.82, 2.24) is 0 Å². The summed E-state index contributed by atoms with van der Waals surface area (Å²) < 4.78 is 0. The average Bonchev–Trinajstić information content (AvgIpc) is 2.19. The van der Waals surface area contributed by atoms with Gasteiger partial charge in [-0.05, 0) is 49.9 Å². The van der Waals surface area contributed by atoms with Crippen LogP contribution in [0.2, 0.25) is 0 Å². The lowest BCUT2D eigenvalue weighted by Gasteiger charge is -2.14. The predicted molar refractivity (Wildman–Crippen MR) is 63.7 cm³/mol. The Kier molecular flexibility index (Phi) is 3.34. The van der Waals surface area contributed by atoms with Crippen LogP contribution in [-0.2, 0) is 0 Å². The first-order chi connectivity index (χ1) is 6.56. The monoisotopic (exact) mass is 189 g/mol. The van der Waals surface area contributed by atoms with Crippen molar-refractivity contribution in [2.75, 3.05) is 5.32 Å². The van der Waals surface area contributed by atoms with Crippen molar-refractivity contribution >= 4 is 5.69 Å². The van der Waals surface area contributed by atoms with Gasteiger partial charge >= 0.3 is 0 Å². The molecule has 0 aliphatic carbocycles. The maximum Gasteiger partial charge on any atom is 0.0414 e. The highest BCUT2D eigenvalue weighted by atomic mass is 14.9. The molecule has 1 rings (SSSR count). The van der Waals surface area contributed by atoms with Gasteiger partial charge in [-0.3, -0.25) is 0 Å². The molecule has 0 saturated carbocycles. The zero-order valence-corrected chi connectivity index (χ0v) is 9.57. The number of hydrogen-bond donors (Lipinski definition) is 1. The number of anilines is 1. The van der Waals surface area contributed by atoms with Crippen LogP contribution in [0.3, 0.4) is 0 Å². The van der Waals surface area contributed by atoms with Gasteiger partial charge in [0, 0.05) is 11.4 Å². The van der Waals surface area contributed by atoms with Crippen molar-refractivity contribution in [2.45, 2.75) is 34.1 Å². The average molecular weight is 189 g/mol. The normalized spacial score (nSPS) is 10.0. The van der Waals surface area contributed by atoms with Gasteiger partial charge in [0.2, 0.25) is 0 Å². The van der Waals surface area contributed by atoms with Crippen molar-refractivity contribution in [3.8, 4) is 0 Å². The topological polar surface area (TPSA) is 12.0 Å². The lowest BCUT2D eigenvalue weighted by Crippen LogP contribution is -2.00. The van der Waals surface area contributed by atoms with Gasteiger partial charge in [-0.25, -0.2) is 0 Å². The van der Waals surface area contributed by atoms with Crippen LogP contribution in [0.25, 0.3) is 0 Å². The lowest BCUT2D eigenvalue weighted by atomic mass is 10.0. The molecule has 0 saturated heterocycles. The summed E-state index contributed by atoms with van der Waals surface area (Å²) in [5, 5.41) is 3.33. The van der Waals surface area contributed by atoms with Crippen LogP contribution in [0, 0.1) is 20.8 Å². The van der Waals surface area contributed by atoms with Crippen LogP contribution in [-0.4, -0.2) is 0 Å². The molecule has 0 heterocycles. The Labute approximate surface area is 86.8 Å². The highest BCUT2D eigenvalue weighted by Crippen LogP contribution is 2.22. The molecule has 0 unspecified atom stereocenters. The standard InChI is InChI=1S/C13H19N/c1-6-10(3)14-13-8-7-9(2)11(4)12(13)5/h7-8,14H,3,6H2,1-2,4-5H3. The van der Waals surface area contributed by atoms with Crippen LogP contribution in [0.15, 0.2) is 24.4 Å². The van der Waals surface area contributed by atoms with Crippen LogP contribution in [0.5, 0.6) is 0 Å². The molecule has 1 nitrogen and oxygen atoms in total. The quantitative estimate of drug-likeness (QED) is 0.759. The molecule has 0 aliphatic rings. The molecule has 0 bridgehead atoms. The number of allylic oxidation sites excluding steroid dienone is 1. The van der Waals surface area contributed by atoms with Crippen molar-refractivity contribution < 1.29 is 0 Å². The van der Waals surface area contributed by atoms with Crippen molar-refractivity contribution in [1.29, 1.82) is 0 Å². The molecule has 0 fully saturated rings. The number of aryl methyl sites for hydroxylation is 1. The SMILES string of the molecule is C=C(CC)Nc1ccc(C)c(C)c1C. The summed E-state index contributed by atoms with van der Waals surface area (Å²) in [5.74, 6) is 0. The van der Waals surface area contributed by atoms with Gasteiger partial charge in [-0.1, -0.05) is 19.6 Å². The molecule has 1 aromatic carbocycles. The molecule has 14 heavy (non-hydrogen) atoms. The van der Waals surface area contributed by atoms with Gasteiger partial charge in [-0.2, -0.15) is 0 Å². The third kappa shape index (κ3) is 2.16. The Morgan fingerprint density at radius 2 is 1.86 bits per heavy atom. The predicted octanol–water partition coefficient (Wildman–Crippen LogP) is 3.95. The number of rotatable bonds is 3. The second-order valence-electron chi connectivity index (χ2n) is 3.76. The van der Waals surface area contributed by atoms with E-state index in [-0.39, 0.29) is 0 Å². The van der Waals surface area contributed by atoms with Crippen LogP contribution in [0.4, 0.5) is 5.69 Å². The fourth-order valence-corrected chi connectivity index (χ4v) is 1.37. The van der Waals surface area contributed by atoms with Gasteiger partial charge in [0.15, 0.2) is 0 Å². The third-order valence-corrected chi connectivity index (χ3v) is 2.80. The minimum atomic E-state index is 0.965. The van der Waals surface area contributed by atoms with Gasteiger partial charge in [-0.15, -0.1) is 0 Å². The summed E-state index contributed by atoms with van der Waals surface area (Å²) in [4.78, 5) is 0. The summed E-state index contributed by atoms with van der Waals surface area (Å²) in [6.07, 6.45) is 0.965. The molecule has 0 aromatic heterocycles. The summed E-state index contributed by atoms with van der Waals surface area (Å²) in [6, 6.07) is 4.27. The minimum Gasteiger partial charge on any atom is -0.359 e. The Morgan fingerprint density at radius 3 is 2.43 bits per heavy atom. The fourth-order valence-electron chi connectivity index (χ4n) is 1.37. The van der Waals surface area contributed by atoms with Gasteiger partial charge < -0.3 is 5.32 Å². The highest BCUT2D eigenvalue weighted by molar-refractivity contribution is 5.58. The first kappa shape index (κ1) is 10.8. The first-order valence-corrected chi connectivity index (χ1v) is 5.07. The van der Waals surface area contributed by atoms with E-state index in [4.69, 9.17) is 0 Å². The third-order valence-electron chi connectivity index (χ3n) is 2.80. The van der Waals surface area contributed by atoms with Gasteiger partial charge in [0.1, 0.15) is 0 Å². The Balaban J connectivity index is 3.00. The molecule has 0 atom stereocenters. The van der Waals surface area contributed by atoms with E-state index in [1.165, 1.54) is 22.4 Å². The van der Waals surface area contributed by atoms with E-state index in [9.17, 15) is 0 Å². The number of benzene rings is 1. The Morgan fingerprint density at radius 1 is 1.21 bits per heavy atom. The number of nitrogens with one attached hydrogen (secondary N) is 1. The van der Waals surface area contributed by atoms with Crippen molar-refractivity contribution in [3.63, 3.8) is 0 Å². The van der Waals surface area contributed by atoms with Crippen LogP contribution in [0.1, 0.15) is 30.0 Å². The van der Waals surface area contributed by atoms with E-state index < -0.39 is 0 Å².